The van der Waals surface area contributed by atoms with E-state index >= 15 is 0 Å². The Morgan fingerprint density at radius 2 is 1.88 bits per heavy atom. The van der Waals surface area contributed by atoms with Crippen LogP contribution in [-0.4, -0.2) is 18.3 Å². The van der Waals surface area contributed by atoms with Gasteiger partial charge in [0.15, 0.2) is 12.4 Å². The zero-order chi connectivity index (χ0) is 17.7. The molecule has 0 aliphatic rings. The fourth-order valence-electron chi connectivity index (χ4n) is 2.19. The summed E-state index contributed by atoms with van der Waals surface area (Å²) >= 11 is 12.0. The molecule has 0 heterocycles. The molecule has 0 saturated heterocycles. The largest absolute Gasteiger partial charge is 0.480 e. The summed E-state index contributed by atoms with van der Waals surface area (Å²) < 4.78 is 5.59. The van der Waals surface area contributed by atoms with Crippen molar-refractivity contribution in [1.82, 2.24) is 5.32 Å². The number of amides is 1. The van der Waals surface area contributed by atoms with Crippen molar-refractivity contribution in [1.29, 1.82) is 0 Å². The third-order valence-electron chi connectivity index (χ3n) is 3.51. The van der Waals surface area contributed by atoms with Gasteiger partial charge in [0, 0.05) is 10.0 Å². The van der Waals surface area contributed by atoms with Crippen molar-refractivity contribution < 1.29 is 14.3 Å². The lowest BCUT2D eigenvalue weighted by Gasteiger charge is -2.20. The van der Waals surface area contributed by atoms with E-state index < -0.39 is 6.10 Å². The van der Waals surface area contributed by atoms with Gasteiger partial charge in [-0.25, -0.2) is 0 Å². The number of para-hydroxylation sites is 1. The number of aldehydes is 1. The average molecular weight is 366 g/mol. The van der Waals surface area contributed by atoms with Crippen LogP contribution in [0.4, 0.5) is 0 Å². The van der Waals surface area contributed by atoms with Crippen LogP contribution in [0.15, 0.2) is 42.5 Å². The van der Waals surface area contributed by atoms with Crippen LogP contribution in [0.3, 0.4) is 0 Å². The Bertz CT molecular complexity index is 749. The van der Waals surface area contributed by atoms with E-state index in [1.807, 2.05) is 6.92 Å². The van der Waals surface area contributed by atoms with Gasteiger partial charge in [0.25, 0.3) is 5.91 Å². The molecule has 4 nitrogen and oxygen atoms in total. The fraction of sp³-hybridized carbons (Fsp3) is 0.222. The number of benzene rings is 2. The van der Waals surface area contributed by atoms with Crippen LogP contribution in [-0.2, 0) is 4.79 Å². The molecule has 0 spiro atoms. The summed E-state index contributed by atoms with van der Waals surface area (Å²) in [6.45, 7) is 3.44. The van der Waals surface area contributed by atoms with Crippen molar-refractivity contribution in [3.8, 4) is 5.75 Å². The summed E-state index contributed by atoms with van der Waals surface area (Å²) in [5, 5.41) is 3.85. The molecule has 0 aromatic heterocycles. The quantitative estimate of drug-likeness (QED) is 0.769. The van der Waals surface area contributed by atoms with E-state index in [0.29, 0.717) is 27.6 Å². The Morgan fingerprint density at radius 1 is 1.17 bits per heavy atom. The Balaban J connectivity index is 2.04. The van der Waals surface area contributed by atoms with Crippen LogP contribution < -0.4 is 10.1 Å². The first-order chi connectivity index (χ1) is 11.4. The second kappa shape index (κ2) is 8.18. The molecular weight excluding hydrogens is 349 g/mol. The molecule has 0 saturated carbocycles. The molecule has 0 aliphatic heterocycles. The number of halogens is 2. The van der Waals surface area contributed by atoms with Crippen LogP contribution in [0.5, 0.6) is 5.75 Å². The number of carbonyl (C=O) groups is 2. The van der Waals surface area contributed by atoms with E-state index in [1.165, 1.54) is 0 Å². The highest BCUT2D eigenvalue weighted by atomic mass is 35.5. The standard InChI is InChI=1S/C18H17Cl2NO3/c1-11(15-8-7-14(19)9-16(15)20)21-18(23)12(2)24-17-6-4-3-5-13(17)10-22/h3-12H,1-2H3,(H,21,23)/t11-,12+/m1/s1. The topological polar surface area (TPSA) is 55.4 Å². The molecule has 2 aromatic rings. The van der Waals surface area contributed by atoms with E-state index in [9.17, 15) is 9.59 Å². The van der Waals surface area contributed by atoms with E-state index in [-0.39, 0.29) is 11.9 Å². The van der Waals surface area contributed by atoms with Crippen molar-refractivity contribution in [2.24, 2.45) is 0 Å². The molecule has 24 heavy (non-hydrogen) atoms. The molecule has 0 aliphatic carbocycles. The molecule has 0 unspecified atom stereocenters. The third-order valence-corrected chi connectivity index (χ3v) is 4.07. The molecule has 126 valence electrons. The monoisotopic (exact) mass is 365 g/mol. The van der Waals surface area contributed by atoms with Crippen molar-refractivity contribution in [2.45, 2.75) is 26.0 Å². The van der Waals surface area contributed by atoms with Gasteiger partial charge in [-0.1, -0.05) is 41.4 Å². The number of rotatable bonds is 6. The van der Waals surface area contributed by atoms with Crippen molar-refractivity contribution in [2.75, 3.05) is 0 Å². The molecule has 2 aromatic carbocycles. The molecule has 1 amide bonds. The minimum atomic E-state index is -0.764. The van der Waals surface area contributed by atoms with Gasteiger partial charge < -0.3 is 10.1 Å². The van der Waals surface area contributed by atoms with Gasteiger partial charge in [0.2, 0.25) is 0 Å². The first-order valence-corrected chi connectivity index (χ1v) is 8.14. The number of nitrogens with one attached hydrogen (secondary N) is 1. The summed E-state index contributed by atoms with van der Waals surface area (Å²) in [7, 11) is 0. The van der Waals surface area contributed by atoms with Crippen LogP contribution in [0, 0.1) is 0 Å². The number of hydrogen-bond donors (Lipinski definition) is 1. The maximum atomic E-state index is 12.3. The number of ether oxygens (including phenoxy) is 1. The Hall–Kier alpha value is -2.04. The molecule has 0 bridgehead atoms. The lowest BCUT2D eigenvalue weighted by Crippen LogP contribution is -2.38. The second-order valence-corrected chi connectivity index (χ2v) is 6.16. The van der Waals surface area contributed by atoms with Crippen LogP contribution in [0.1, 0.15) is 35.8 Å². The maximum Gasteiger partial charge on any atom is 0.261 e. The normalized spacial score (nSPS) is 13.0. The number of carbonyl (C=O) groups excluding carboxylic acids is 2. The van der Waals surface area contributed by atoms with Crippen LogP contribution in [0.25, 0.3) is 0 Å². The van der Waals surface area contributed by atoms with Crippen LogP contribution in [0.2, 0.25) is 10.0 Å². The maximum absolute atomic E-state index is 12.3. The minimum absolute atomic E-state index is 0.311. The molecule has 2 rings (SSSR count). The van der Waals surface area contributed by atoms with E-state index in [4.69, 9.17) is 27.9 Å². The second-order valence-electron chi connectivity index (χ2n) is 5.31. The summed E-state index contributed by atoms with van der Waals surface area (Å²) in [6.07, 6.45) is -0.0737. The lowest BCUT2D eigenvalue weighted by atomic mass is 10.1. The van der Waals surface area contributed by atoms with Gasteiger partial charge in [-0.3, -0.25) is 9.59 Å². The van der Waals surface area contributed by atoms with E-state index in [0.717, 1.165) is 5.56 Å². The first-order valence-electron chi connectivity index (χ1n) is 7.38. The Kier molecular flexibility index (Phi) is 6.23. The Labute approximate surface area is 150 Å². The highest BCUT2D eigenvalue weighted by molar-refractivity contribution is 6.35. The molecule has 1 N–H and O–H groups in total. The number of hydrogen-bond acceptors (Lipinski definition) is 3. The minimum Gasteiger partial charge on any atom is -0.480 e. The highest BCUT2D eigenvalue weighted by Gasteiger charge is 2.20. The van der Waals surface area contributed by atoms with Gasteiger partial charge in [0.1, 0.15) is 5.75 Å². The Morgan fingerprint density at radius 3 is 2.54 bits per heavy atom. The SMILES string of the molecule is C[C@H](Oc1ccccc1C=O)C(=O)N[C@H](C)c1ccc(Cl)cc1Cl. The van der Waals surface area contributed by atoms with Crippen molar-refractivity contribution in [3.63, 3.8) is 0 Å². The summed E-state index contributed by atoms with van der Waals surface area (Å²) in [6, 6.07) is 11.5. The molecule has 0 fully saturated rings. The molecule has 6 heteroatoms. The van der Waals surface area contributed by atoms with Gasteiger partial charge in [0.05, 0.1) is 11.6 Å². The predicted molar refractivity (Wildman–Crippen MR) is 94.9 cm³/mol. The zero-order valence-electron chi connectivity index (χ0n) is 13.3. The highest BCUT2D eigenvalue weighted by Crippen LogP contribution is 2.26. The summed E-state index contributed by atoms with van der Waals surface area (Å²) in [4.78, 5) is 23.3. The van der Waals surface area contributed by atoms with E-state index in [1.54, 1.807) is 49.4 Å². The van der Waals surface area contributed by atoms with Gasteiger partial charge in [-0.2, -0.15) is 0 Å². The van der Waals surface area contributed by atoms with Crippen molar-refractivity contribution >= 4 is 35.4 Å². The third kappa shape index (κ3) is 4.49. The first kappa shape index (κ1) is 18.3. The van der Waals surface area contributed by atoms with Gasteiger partial charge in [-0.15, -0.1) is 0 Å². The van der Waals surface area contributed by atoms with Gasteiger partial charge >= 0.3 is 0 Å². The van der Waals surface area contributed by atoms with Crippen molar-refractivity contribution in [3.05, 3.63) is 63.6 Å². The predicted octanol–water partition coefficient (Wildman–Crippen LogP) is 4.45. The van der Waals surface area contributed by atoms with Gasteiger partial charge in [-0.05, 0) is 43.7 Å². The molecule has 2 atom stereocenters. The summed E-state index contributed by atoms with van der Waals surface area (Å²) in [5.41, 5.74) is 1.15. The van der Waals surface area contributed by atoms with E-state index in [2.05, 4.69) is 5.32 Å². The molecule has 0 radical (unpaired) electrons. The molecular formula is C18H17Cl2NO3. The van der Waals surface area contributed by atoms with Crippen LogP contribution >= 0.6 is 23.2 Å². The lowest BCUT2D eigenvalue weighted by molar-refractivity contribution is -0.127. The fourth-order valence-corrected chi connectivity index (χ4v) is 2.76. The summed E-state index contributed by atoms with van der Waals surface area (Å²) in [5.74, 6) is 0.0570. The smallest absolute Gasteiger partial charge is 0.261 e. The zero-order valence-corrected chi connectivity index (χ0v) is 14.8. The average Bonchev–Trinajstić information content (AvgIpc) is 2.55.